The van der Waals surface area contributed by atoms with E-state index in [1.54, 1.807) is 0 Å². The van der Waals surface area contributed by atoms with Gasteiger partial charge in [-0.25, -0.2) is 0 Å². The Balaban J connectivity index is 1.66. The zero-order chi connectivity index (χ0) is 19.6. The van der Waals surface area contributed by atoms with Crippen LogP contribution in [0, 0.1) is 0 Å². The van der Waals surface area contributed by atoms with Crippen LogP contribution in [0.1, 0.15) is 25.3 Å². The first-order valence-corrected chi connectivity index (χ1v) is 9.39. The fourth-order valence-electron chi connectivity index (χ4n) is 3.20. The van der Waals surface area contributed by atoms with Crippen LogP contribution < -0.4 is 5.32 Å². The van der Waals surface area contributed by atoms with Gasteiger partial charge in [-0.2, -0.15) is 0 Å². The maximum absolute atomic E-state index is 12.4. The first kappa shape index (κ1) is 20.9. The van der Waals surface area contributed by atoms with Gasteiger partial charge in [-0.05, 0) is 12.5 Å². The lowest BCUT2D eigenvalue weighted by molar-refractivity contribution is -0.142. The molecule has 0 radical (unpaired) electrons. The maximum atomic E-state index is 12.4. The van der Waals surface area contributed by atoms with Crippen molar-refractivity contribution in [2.75, 3.05) is 39.8 Å². The molecular weight excluding hydrogens is 346 g/mol. The topological polar surface area (TPSA) is 79.0 Å². The first-order chi connectivity index (χ1) is 13.0. The summed E-state index contributed by atoms with van der Waals surface area (Å²) in [5, 5.41) is 2.81. The van der Waals surface area contributed by atoms with Crippen molar-refractivity contribution in [3.05, 3.63) is 35.9 Å². The average Bonchev–Trinajstić information content (AvgIpc) is 2.67. The fraction of sp³-hybridized carbons (Fsp3) is 0.550. The molecule has 1 N–H and O–H groups in total. The molecule has 27 heavy (non-hydrogen) atoms. The monoisotopic (exact) mass is 375 g/mol. The van der Waals surface area contributed by atoms with Crippen molar-refractivity contribution in [1.82, 2.24) is 15.1 Å². The van der Waals surface area contributed by atoms with Gasteiger partial charge < -0.3 is 15.0 Å². The van der Waals surface area contributed by atoms with E-state index in [2.05, 4.69) is 21.9 Å². The summed E-state index contributed by atoms with van der Waals surface area (Å²) in [4.78, 5) is 39.6. The van der Waals surface area contributed by atoms with Crippen LogP contribution in [0.3, 0.4) is 0 Å². The number of esters is 1. The van der Waals surface area contributed by atoms with Gasteiger partial charge in [-0.15, -0.1) is 0 Å². The molecule has 0 aliphatic carbocycles. The number of methoxy groups -OCH3 is 1. The van der Waals surface area contributed by atoms with Crippen molar-refractivity contribution < 1.29 is 19.1 Å². The minimum Gasteiger partial charge on any atom is -0.469 e. The minimum absolute atomic E-state index is 0.0504. The van der Waals surface area contributed by atoms with Crippen molar-refractivity contribution in [3.8, 4) is 0 Å². The molecule has 0 saturated carbocycles. The normalized spacial score (nSPS) is 17.4. The Bertz CT molecular complexity index is 635. The molecule has 0 aromatic heterocycles. The lowest BCUT2D eigenvalue weighted by Crippen LogP contribution is -2.54. The molecule has 0 unspecified atom stereocenters. The number of nitrogens with zero attached hydrogens (tertiary/aromatic N) is 2. The van der Waals surface area contributed by atoms with Crippen LogP contribution in [-0.2, 0) is 25.5 Å². The van der Waals surface area contributed by atoms with E-state index >= 15 is 0 Å². The Morgan fingerprint density at radius 1 is 1.15 bits per heavy atom. The van der Waals surface area contributed by atoms with Crippen molar-refractivity contribution in [1.29, 1.82) is 0 Å². The molecule has 1 aliphatic heterocycles. The Kier molecular flexibility index (Phi) is 8.26. The number of rotatable bonds is 8. The molecule has 7 heteroatoms. The largest absolute Gasteiger partial charge is 0.469 e. The average molecular weight is 375 g/mol. The Morgan fingerprint density at radius 3 is 2.56 bits per heavy atom. The highest BCUT2D eigenvalue weighted by atomic mass is 16.5. The molecule has 2 rings (SSSR count). The van der Waals surface area contributed by atoms with Gasteiger partial charge in [0.25, 0.3) is 0 Å². The Hall–Kier alpha value is -2.41. The van der Waals surface area contributed by atoms with E-state index in [1.807, 2.05) is 35.2 Å². The van der Waals surface area contributed by atoms with E-state index in [-0.39, 0.29) is 23.8 Å². The minimum atomic E-state index is -0.216. The van der Waals surface area contributed by atoms with E-state index in [9.17, 15) is 14.4 Å². The molecule has 1 aliphatic rings. The summed E-state index contributed by atoms with van der Waals surface area (Å²) in [7, 11) is 1.39. The molecule has 1 fully saturated rings. The molecule has 2 amide bonds. The van der Waals surface area contributed by atoms with E-state index < -0.39 is 0 Å². The fourth-order valence-corrected chi connectivity index (χ4v) is 3.20. The summed E-state index contributed by atoms with van der Waals surface area (Å²) in [6.07, 6.45) is 0.989. The number of ether oxygens (including phenoxy) is 1. The molecular formula is C20H29N3O4. The van der Waals surface area contributed by atoms with Crippen LogP contribution in [0.4, 0.5) is 0 Å². The molecule has 0 bridgehead atoms. The van der Waals surface area contributed by atoms with Gasteiger partial charge >= 0.3 is 5.97 Å². The smallest absolute Gasteiger partial charge is 0.306 e. The number of hydrogen-bond donors (Lipinski definition) is 1. The molecule has 1 atom stereocenters. The number of hydrogen-bond acceptors (Lipinski definition) is 5. The summed E-state index contributed by atoms with van der Waals surface area (Å²) >= 11 is 0. The van der Waals surface area contributed by atoms with Crippen molar-refractivity contribution in [2.24, 2.45) is 0 Å². The lowest BCUT2D eigenvalue weighted by atomic mass is 10.1. The highest BCUT2D eigenvalue weighted by molar-refractivity contribution is 5.80. The number of amides is 2. The van der Waals surface area contributed by atoms with Gasteiger partial charge in [-0.3, -0.25) is 19.3 Å². The molecule has 1 aromatic carbocycles. The maximum Gasteiger partial charge on any atom is 0.306 e. The second-order valence-electron chi connectivity index (χ2n) is 6.81. The zero-order valence-corrected chi connectivity index (χ0v) is 16.1. The first-order valence-electron chi connectivity index (χ1n) is 9.39. The van der Waals surface area contributed by atoms with Crippen LogP contribution in [-0.4, -0.2) is 73.5 Å². The van der Waals surface area contributed by atoms with Gasteiger partial charge in [0.2, 0.25) is 11.8 Å². The summed E-state index contributed by atoms with van der Waals surface area (Å²) < 4.78 is 4.67. The van der Waals surface area contributed by atoms with E-state index in [0.717, 1.165) is 12.1 Å². The van der Waals surface area contributed by atoms with Crippen LogP contribution >= 0.6 is 0 Å². The van der Waals surface area contributed by atoms with Crippen molar-refractivity contribution in [2.45, 2.75) is 32.2 Å². The van der Waals surface area contributed by atoms with Gasteiger partial charge in [0.05, 0.1) is 20.0 Å². The molecule has 1 aromatic rings. The predicted molar refractivity (Wildman–Crippen MR) is 102 cm³/mol. The molecule has 1 heterocycles. The third kappa shape index (κ3) is 7.02. The molecule has 1 saturated heterocycles. The number of carbonyl (C=O) groups excluding carboxylic acids is 3. The summed E-state index contributed by atoms with van der Waals surface area (Å²) in [6, 6.07) is 9.73. The van der Waals surface area contributed by atoms with Gasteiger partial charge in [-0.1, -0.05) is 30.3 Å². The van der Waals surface area contributed by atoms with Crippen molar-refractivity contribution in [3.63, 3.8) is 0 Å². The summed E-state index contributed by atoms with van der Waals surface area (Å²) in [5.41, 5.74) is 0.957. The SMILES string of the molecule is COC(=O)CCN1CCN(C(=O)CCNC(=O)Cc2ccccc2)C[C@@H]1C. The van der Waals surface area contributed by atoms with Crippen LogP contribution in [0.25, 0.3) is 0 Å². The summed E-state index contributed by atoms with van der Waals surface area (Å²) in [5.74, 6) is -0.239. The third-order valence-electron chi connectivity index (χ3n) is 4.82. The van der Waals surface area contributed by atoms with Crippen LogP contribution in [0.2, 0.25) is 0 Å². The quantitative estimate of drug-likeness (QED) is 0.681. The van der Waals surface area contributed by atoms with E-state index in [0.29, 0.717) is 45.4 Å². The highest BCUT2D eigenvalue weighted by Crippen LogP contribution is 2.11. The number of carbonyl (C=O) groups is 3. The predicted octanol–water partition coefficient (Wildman–Crippen LogP) is 0.831. The summed E-state index contributed by atoms with van der Waals surface area (Å²) in [6.45, 7) is 5.07. The standard InChI is InChI=1S/C20H29N3O4/c1-16-15-23(13-12-22(16)11-9-20(26)27-2)19(25)8-10-21-18(24)14-17-6-4-3-5-7-17/h3-7,16H,8-15H2,1-2H3,(H,21,24)/t16-/m0/s1. The molecule has 7 nitrogen and oxygen atoms in total. The third-order valence-corrected chi connectivity index (χ3v) is 4.82. The van der Waals surface area contributed by atoms with Gasteiger partial charge in [0, 0.05) is 45.2 Å². The second-order valence-corrected chi connectivity index (χ2v) is 6.81. The molecule has 0 spiro atoms. The highest BCUT2D eigenvalue weighted by Gasteiger charge is 2.26. The number of nitrogens with one attached hydrogen (secondary N) is 1. The van der Waals surface area contributed by atoms with E-state index in [1.165, 1.54) is 7.11 Å². The molecule has 148 valence electrons. The Labute approximate surface area is 160 Å². The van der Waals surface area contributed by atoms with Crippen molar-refractivity contribution >= 4 is 17.8 Å². The van der Waals surface area contributed by atoms with Gasteiger partial charge in [0.15, 0.2) is 0 Å². The second kappa shape index (κ2) is 10.7. The van der Waals surface area contributed by atoms with Crippen LogP contribution in [0.15, 0.2) is 30.3 Å². The Morgan fingerprint density at radius 2 is 1.89 bits per heavy atom. The van der Waals surface area contributed by atoms with Gasteiger partial charge in [0.1, 0.15) is 0 Å². The number of piperazine rings is 1. The number of benzene rings is 1. The zero-order valence-electron chi connectivity index (χ0n) is 16.1. The lowest BCUT2D eigenvalue weighted by Gasteiger charge is -2.39. The van der Waals surface area contributed by atoms with Crippen LogP contribution in [0.5, 0.6) is 0 Å². The van der Waals surface area contributed by atoms with E-state index in [4.69, 9.17) is 0 Å².